The van der Waals surface area contributed by atoms with E-state index < -0.39 is 38.8 Å². The number of amides is 2. The number of benzene rings is 5. The number of aliphatic hydroxyl groups excluding tert-OH is 2. The first kappa shape index (κ1) is 39.1. The zero-order valence-corrected chi connectivity index (χ0v) is 33.6. The van der Waals surface area contributed by atoms with Gasteiger partial charge < -0.3 is 19.7 Å². The number of rotatable bonds is 12. The molecular weight excluding hydrogens is 715 g/mol. The van der Waals surface area contributed by atoms with Gasteiger partial charge in [0.25, 0.3) is 8.32 Å². The highest BCUT2D eigenvalue weighted by atomic mass is 28.4. The van der Waals surface area contributed by atoms with E-state index in [9.17, 15) is 24.9 Å². The standard InChI is InChI=1S/C48H51NO6Si/c1-32(28-33-25-27-42(51)39-23-15-14-22-38(33)39)24-26-43(52)44-34(29-40-45(41(44)30-50)47(54)49(46(40)53)35-16-8-5-9-17-35)31-55-56(48(2,3)4,36-18-10-6-11-19-36)37-20-12-7-13-21-37/h5-23,25,27-28,40-41,43,45,50-52H,24,26,29-31H2,1-4H3/b32-28+/t40-,41+,43-,45-/m1/s1. The van der Waals surface area contributed by atoms with Gasteiger partial charge in [-0.25, -0.2) is 0 Å². The van der Waals surface area contributed by atoms with E-state index in [1.807, 2.05) is 79.7 Å². The topological polar surface area (TPSA) is 107 Å². The van der Waals surface area contributed by atoms with Crippen molar-refractivity contribution in [3.63, 3.8) is 0 Å². The Morgan fingerprint density at radius 2 is 1.39 bits per heavy atom. The molecule has 0 unspecified atom stereocenters. The zero-order chi connectivity index (χ0) is 39.6. The molecule has 2 amide bonds. The molecule has 0 spiro atoms. The van der Waals surface area contributed by atoms with Gasteiger partial charge in [-0.15, -0.1) is 0 Å². The average Bonchev–Trinajstić information content (AvgIpc) is 3.46. The molecule has 5 aromatic carbocycles. The fourth-order valence-electron chi connectivity index (χ4n) is 9.17. The highest BCUT2D eigenvalue weighted by Crippen LogP contribution is 2.48. The first-order valence-corrected chi connectivity index (χ1v) is 21.4. The molecule has 1 saturated heterocycles. The maximum Gasteiger partial charge on any atom is 0.261 e. The Morgan fingerprint density at radius 1 is 0.821 bits per heavy atom. The number of allylic oxidation sites excluding steroid dienone is 1. The fourth-order valence-corrected chi connectivity index (χ4v) is 13.7. The summed E-state index contributed by atoms with van der Waals surface area (Å²) in [6, 6.07) is 40.9. The van der Waals surface area contributed by atoms with Crippen molar-refractivity contribution in [2.24, 2.45) is 17.8 Å². The summed E-state index contributed by atoms with van der Waals surface area (Å²) < 4.78 is 7.40. The average molecular weight is 766 g/mol. The monoisotopic (exact) mass is 765 g/mol. The van der Waals surface area contributed by atoms with E-state index >= 15 is 0 Å². The number of aromatic hydroxyl groups is 1. The van der Waals surface area contributed by atoms with Gasteiger partial charge >= 0.3 is 0 Å². The van der Waals surface area contributed by atoms with Gasteiger partial charge in [-0.3, -0.25) is 14.5 Å². The molecule has 5 aromatic rings. The van der Waals surface area contributed by atoms with Crippen molar-refractivity contribution >= 4 is 53.0 Å². The first-order chi connectivity index (χ1) is 27.0. The molecule has 0 saturated carbocycles. The number of aliphatic hydroxyl groups is 2. The molecule has 7 nitrogen and oxygen atoms in total. The third-order valence-electron chi connectivity index (χ3n) is 11.8. The van der Waals surface area contributed by atoms with Crippen molar-refractivity contribution in [2.75, 3.05) is 18.1 Å². The third kappa shape index (κ3) is 7.18. The van der Waals surface area contributed by atoms with Gasteiger partial charge in [0.15, 0.2) is 0 Å². The molecule has 3 N–H and O–H groups in total. The summed E-state index contributed by atoms with van der Waals surface area (Å²) in [5, 5.41) is 37.5. The van der Waals surface area contributed by atoms with E-state index in [0.29, 0.717) is 24.1 Å². The SMILES string of the molecule is C/C(=C\c1ccc(O)c2ccccc12)CC[C@@H](O)C1=C(CO[Si](c2ccccc2)(c2ccccc2)C(C)(C)C)C[C@H]2C(=O)N(c3ccccc3)C(=O)[C@H]2[C@H]1CO. The molecule has 1 fully saturated rings. The number of nitrogens with zero attached hydrogens (tertiary/aromatic N) is 1. The lowest BCUT2D eigenvalue weighted by atomic mass is 9.68. The highest BCUT2D eigenvalue weighted by Gasteiger charge is 2.56. The molecule has 0 radical (unpaired) electrons. The minimum absolute atomic E-state index is 0.139. The van der Waals surface area contributed by atoms with Crippen LogP contribution in [-0.4, -0.2) is 54.8 Å². The predicted molar refractivity (Wildman–Crippen MR) is 226 cm³/mol. The molecule has 1 heterocycles. The molecule has 7 rings (SSSR count). The summed E-state index contributed by atoms with van der Waals surface area (Å²) in [4.78, 5) is 29.7. The van der Waals surface area contributed by atoms with Crippen molar-refractivity contribution in [3.8, 4) is 5.75 Å². The number of anilines is 1. The van der Waals surface area contributed by atoms with E-state index in [0.717, 1.165) is 37.9 Å². The maximum absolute atomic E-state index is 14.3. The van der Waals surface area contributed by atoms with E-state index in [2.05, 4.69) is 51.1 Å². The van der Waals surface area contributed by atoms with Crippen LogP contribution in [0.1, 0.15) is 52.5 Å². The molecule has 1 aliphatic carbocycles. The second-order valence-corrected chi connectivity index (χ2v) is 20.6. The number of carbonyl (C=O) groups excluding carboxylic acids is 2. The smallest absolute Gasteiger partial charge is 0.261 e. The Balaban J connectivity index is 1.28. The Labute approximate surface area is 330 Å². The molecule has 8 heteroatoms. The Morgan fingerprint density at radius 3 is 1.98 bits per heavy atom. The lowest BCUT2D eigenvalue weighted by molar-refractivity contribution is -0.123. The van der Waals surface area contributed by atoms with Crippen molar-refractivity contribution in [1.82, 2.24) is 0 Å². The summed E-state index contributed by atoms with van der Waals surface area (Å²) in [6.07, 6.45) is 2.20. The van der Waals surface area contributed by atoms with Crippen LogP contribution in [0.4, 0.5) is 5.69 Å². The second-order valence-electron chi connectivity index (χ2n) is 16.2. The number of fused-ring (bicyclic) bond motifs is 2. The third-order valence-corrected chi connectivity index (χ3v) is 16.8. The van der Waals surface area contributed by atoms with Crippen LogP contribution >= 0.6 is 0 Å². The maximum atomic E-state index is 14.3. The molecule has 0 aromatic heterocycles. The largest absolute Gasteiger partial charge is 0.507 e. The number of carbonyl (C=O) groups is 2. The van der Waals surface area contributed by atoms with Gasteiger partial charge in [0.1, 0.15) is 5.75 Å². The van der Waals surface area contributed by atoms with Crippen molar-refractivity contribution < 1.29 is 29.3 Å². The minimum Gasteiger partial charge on any atom is -0.507 e. The van der Waals surface area contributed by atoms with E-state index in [-0.39, 0.29) is 35.6 Å². The Hall–Kier alpha value is -5.12. The molecule has 4 atom stereocenters. The highest BCUT2D eigenvalue weighted by molar-refractivity contribution is 6.99. The van der Waals surface area contributed by atoms with Crippen molar-refractivity contribution in [1.29, 1.82) is 0 Å². The Kier molecular flexibility index (Phi) is 11.3. The molecule has 288 valence electrons. The van der Waals surface area contributed by atoms with E-state index in [1.165, 1.54) is 4.90 Å². The van der Waals surface area contributed by atoms with Crippen molar-refractivity contribution in [2.45, 2.75) is 58.1 Å². The van der Waals surface area contributed by atoms with Crippen LogP contribution in [0.25, 0.3) is 16.8 Å². The van der Waals surface area contributed by atoms with Crippen LogP contribution in [0.3, 0.4) is 0 Å². The predicted octanol–water partition coefficient (Wildman–Crippen LogP) is 7.78. The van der Waals surface area contributed by atoms with Crippen LogP contribution in [-0.2, 0) is 14.0 Å². The fraction of sp³-hybridized carbons (Fsp3) is 0.292. The van der Waals surface area contributed by atoms with Gasteiger partial charge in [0.05, 0.1) is 36.8 Å². The van der Waals surface area contributed by atoms with Crippen molar-refractivity contribution in [3.05, 3.63) is 150 Å². The van der Waals surface area contributed by atoms with Crippen LogP contribution in [0.2, 0.25) is 5.04 Å². The second kappa shape index (κ2) is 16.2. The van der Waals surface area contributed by atoms with Crippen LogP contribution in [0.15, 0.2) is 144 Å². The molecule has 0 bridgehead atoms. The number of hydrogen-bond acceptors (Lipinski definition) is 6. The number of hydrogen-bond donors (Lipinski definition) is 3. The van der Waals surface area contributed by atoms with E-state index in [4.69, 9.17) is 4.43 Å². The Bertz CT molecular complexity index is 2220. The summed E-state index contributed by atoms with van der Waals surface area (Å²) >= 11 is 0. The first-order valence-electron chi connectivity index (χ1n) is 19.5. The van der Waals surface area contributed by atoms with Gasteiger partial charge in [0, 0.05) is 11.3 Å². The van der Waals surface area contributed by atoms with Gasteiger partial charge in [-0.2, -0.15) is 0 Å². The van der Waals surface area contributed by atoms with Crippen LogP contribution < -0.4 is 15.3 Å². The summed E-state index contributed by atoms with van der Waals surface area (Å²) in [5.41, 5.74) is 3.87. The molecule has 56 heavy (non-hydrogen) atoms. The summed E-state index contributed by atoms with van der Waals surface area (Å²) in [6.45, 7) is 8.39. The van der Waals surface area contributed by atoms with Crippen LogP contribution in [0.5, 0.6) is 5.75 Å². The van der Waals surface area contributed by atoms with Gasteiger partial charge in [0.2, 0.25) is 11.8 Å². The normalized spacial score (nSPS) is 19.8. The zero-order valence-electron chi connectivity index (χ0n) is 32.6. The number of imide groups is 1. The number of phenolic OH excluding ortho intramolecular Hbond substituents is 1. The quantitative estimate of drug-likeness (QED) is 0.0681. The van der Waals surface area contributed by atoms with Gasteiger partial charge in [-0.1, -0.05) is 142 Å². The summed E-state index contributed by atoms with van der Waals surface area (Å²) in [5.74, 6) is -2.69. The van der Waals surface area contributed by atoms with Gasteiger partial charge in [-0.05, 0) is 81.9 Å². The molecule has 2 aliphatic rings. The minimum atomic E-state index is -3.03. The lowest BCUT2D eigenvalue weighted by Gasteiger charge is -2.44. The molecular formula is C48H51NO6Si. The van der Waals surface area contributed by atoms with Crippen LogP contribution in [0, 0.1) is 17.8 Å². The molecule has 1 aliphatic heterocycles. The number of phenols is 1. The van der Waals surface area contributed by atoms with E-state index in [1.54, 1.807) is 30.3 Å². The lowest BCUT2D eigenvalue weighted by Crippen LogP contribution is -2.66. The number of para-hydroxylation sites is 1. The summed E-state index contributed by atoms with van der Waals surface area (Å²) in [7, 11) is -3.03.